The monoisotopic (exact) mass is 414 g/mol. The number of benzene rings is 2. The number of amides is 1. The molecule has 1 saturated heterocycles. The molecule has 0 spiro atoms. The SMILES string of the molecule is O=C(Nc1ccc(Cl)cc1)C1CNNC1S(=O)(=O)Nc1ccc(Cl)cc1. The number of sulfonamides is 1. The Kier molecular flexibility index (Phi) is 5.69. The Morgan fingerprint density at radius 3 is 2.08 bits per heavy atom. The van der Waals surface area contributed by atoms with Crippen LogP contribution in [0.15, 0.2) is 48.5 Å². The first kappa shape index (κ1) is 18.9. The quantitative estimate of drug-likeness (QED) is 0.601. The highest BCUT2D eigenvalue weighted by atomic mass is 35.5. The van der Waals surface area contributed by atoms with Crippen LogP contribution >= 0.6 is 23.2 Å². The maximum Gasteiger partial charge on any atom is 0.250 e. The van der Waals surface area contributed by atoms with Gasteiger partial charge in [-0.2, -0.15) is 0 Å². The van der Waals surface area contributed by atoms with Gasteiger partial charge in [0.2, 0.25) is 5.91 Å². The average molecular weight is 415 g/mol. The summed E-state index contributed by atoms with van der Waals surface area (Å²) in [4.78, 5) is 12.5. The van der Waals surface area contributed by atoms with E-state index in [0.717, 1.165) is 0 Å². The molecule has 1 aliphatic rings. The molecule has 1 aliphatic heterocycles. The van der Waals surface area contributed by atoms with Crippen LogP contribution in [-0.2, 0) is 14.8 Å². The van der Waals surface area contributed by atoms with Gasteiger partial charge < -0.3 is 5.32 Å². The molecule has 0 radical (unpaired) electrons. The Morgan fingerprint density at radius 1 is 0.962 bits per heavy atom. The fraction of sp³-hybridized carbons (Fsp3) is 0.188. The van der Waals surface area contributed by atoms with E-state index in [1.807, 2.05) is 0 Å². The van der Waals surface area contributed by atoms with Crippen molar-refractivity contribution < 1.29 is 13.2 Å². The van der Waals surface area contributed by atoms with Crippen LogP contribution in [0.5, 0.6) is 0 Å². The molecule has 1 heterocycles. The van der Waals surface area contributed by atoms with Gasteiger partial charge in [-0.1, -0.05) is 23.2 Å². The van der Waals surface area contributed by atoms with E-state index >= 15 is 0 Å². The molecule has 0 aromatic heterocycles. The third kappa shape index (κ3) is 4.46. The zero-order valence-corrected chi connectivity index (χ0v) is 15.7. The second-order valence-electron chi connectivity index (χ2n) is 5.70. The van der Waals surface area contributed by atoms with Crippen molar-refractivity contribution in [3.63, 3.8) is 0 Å². The lowest BCUT2D eigenvalue weighted by Gasteiger charge is -2.19. The first-order valence-corrected chi connectivity index (χ1v) is 9.97. The Bertz CT molecular complexity index is 889. The topological polar surface area (TPSA) is 99.3 Å². The summed E-state index contributed by atoms with van der Waals surface area (Å²) in [7, 11) is -3.87. The predicted octanol–water partition coefficient (Wildman–Crippen LogP) is 2.42. The minimum Gasteiger partial charge on any atom is -0.326 e. The van der Waals surface area contributed by atoms with Crippen LogP contribution in [0.4, 0.5) is 11.4 Å². The zero-order valence-electron chi connectivity index (χ0n) is 13.4. The number of rotatable bonds is 5. The highest BCUT2D eigenvalue weighted by Gasteiger charge is 2.41. The number of carbonyl (C=O) groups is 1. The van der Waals surface area contributed by atoms with E-state index in [1.165, 1.54) is 0 Å². The lowest BCUT2D eigenvalue weighted by Crippen LogP contribution is -2.45. The number of hydrogen-bond acceptors (Lipinski definition) is 5. The first-order chi connectivity index (χ1) is 12.3. The molecule has 10 heteroatoms. The molecule has 2 atom stereocenters. The normalized spacial score (nSPS) is 19.9. The Morgan fingerprint density at radius 2 is 1.50 bits per heavy atom. The number of anilines is 2. The molecule has 2 aromatic rings. The van der Waals surface area contributed by atoms with E-state index < -0.39 is 27.2 Å². The summed E-state index contributed by atoms with van der Waals surface area (Å²) >= 11 is 11.6. The molecule has 2 unspecified atom stereocenters. The summed E-state index contributed by atoms with van der Waals surface area (Å²) in [6, 6.07) is 12.8. The molecule has 1 amide bonds. The molecule has 0 aliphatic carbocycles. The summed E-state index contributed by atoms with van der Waals surface area (Å²) in [6.45, 7) is 0.172. The van der Waals surface area contributed by atoms with Gasteiger partial charge in [0.05, 0.1) is 5.92 Å². The summed E-state index contributed by atoms with van der Waals surface area (Å²) in [5.41, 5.74) is 6.27. The summed E-state index contributed by atoms with van der Waals surface area (Å²) in [5, 5.41) is 2.60. The van der Waals surface area contributed by atoms with Crippen molar-refractivity contribution in [1.82, 2.24) is 10.9 Å². The summed E-state index contributed by atoms with van der Waals surface area (Å²) in [5.74, 6) is -1.24. The van der Waals surface area contributed by atoms with Gasteiger partial charge in [0.1, 0.15) is 0 Å². The summed E-state index contributed by atoms with van der Waals surface area (Å²) in [6.07, 6.45) is 0. The maximum absolute atomic E-state index is 12.7. The minimum atomic E-state index is -3.87. The van der Waals surface area contributed by atoms with Crippen molar-refractivity contribution in [1.29, 1.82) is 0 Å². The summed E-state index contributed by atoms with van der Waals surface area (Å²) < 4.78 is 27.8. The van der Waals surface area contributed by atoms with E-state index in [2.05, 4.69) is 20.9 Å². The number of carbonyl (C=O) groups excluding carboxylic acids is 1. The zero-order chi connectivity index (χ0) is 18.7. The molecule has 0 bridgehead atoms. The van der Waals surface area contributed by atoms with Crippen LogP contribution in [0.1, 0.15) is 0 Å². The third-order valence-corrected chi connectivity index (χ3v) is 5.96. The number of hydrazine groups is 1. The van der Waals surface area contributed by atoms with Gasteiger partial charge in [0.25, 0.3) is 10.0 Å². The van der Waals surface area contributed by atoms with Crippen molar-refractivity contribution in [3.8, 4) is 0 Å². The Hall–Kier alpha value is -1.84. The second-order valence-corrected chi connectivity index (χ2v) is 8.38. The number of halogens is 2. The van der Waals surface area contributed by atoms with Gasteiger partial charge in [-0.05, 0) is 48.5 Å². The number of hydrogen-bond donors (Lipinski definition) is 4. The standard InChI is InChI=1S/C16H16Cl2N4O3S/c17-10-1-5-12(6-2-10)20-15(23)14-9-19-21-16(14)26(24,25)22-13-7-3-11(18)4-8-13/h1-8,14,16,19,21-22H,9H2,(H,20,23). The molecule has 0 saturated carbocycles. The van der Waals surface area contributed by atoms with Crippen molar-refractivity contribution in [2.75, 3.05) is 16.6 Å². The largest absolute Gasteiger partial charge is 0.326 e. The van der Waals surface area contributed by atoms with Crippen LogP contribution in [0, 0.1) is 5.92 Å². The van der Waals surface area contributed by atoms with Gasteiger partial charge in [0.15, 0.2) is 5.37 Å². The lowest BCUT2D eigenvalue weighted by atomic mass is 10.1. The molecular weight excluding hydrogens is 399 g/mol. The van der Waals surface area contributed by atoms with Crippen molar-refractivity contribution in [2.45, 2.75) is 5.37 Å². The van der Waals surface area contributed by atoms with Gasteiger partial charge in [-0.15, -0.1) is 0 Å². The van der Waals surface area contributed by atoms with E-state index in [1.54, 1.807) is 48.5 Å². The molecular formula is C16H16Cl2N4O3S. The molecule has 26 heavy (non-hydrogen) atoms. The van der Waals surface area contributed by atoms with Gasteiger partial charge in [-0.25, -0.2) is 13.8 Å². The molecule has 2 aromatic carbocycles. The molecule has 3 rings (SSSR count). The Balaban J connectivity index is 1.72. The van der Waals surface area contributed by atoms with Crippen molar-refractivity contribution in [3.05, 3.63) is 58.6 Å². The third-order valence-electron chi connectivity index (χ3n) is 3.82. The molecule has 138 valence electrons. The predicted molar refractivity (Wildman–Crippen MR) is 102 cm³/mol. The maximum atomic E-state index is 12.7. The fourth-order valence-electron chi connectivity index (χ4n) is 2.51. The van der Waals surface area contributed by atoms with E-state index in [-0.39, 0.29) is 6.54 Å². The van der Waals surface area contributed by atoms with E-state index in [4.69, 9.17) is 23.2 Å². The number of nitrogens with one attached hydrogen (secondary N) is 4. The van der Waals surface area contributed by atoms with Gasteiger partial charge in [-0.3, -0.25) is 14.9 Å². The highest BCUT2D eigenvalue weighted by molar-refractivity contribution is 7.93. The molecule has 4 N–H and O–H groups in total. The minimum absolute atomic E-state index is 0.172. The smallest absolute Gasteiger partial charge is 0.250 e. The van der Waals surface area contributed by atoms with Crippen LogP contribution < -0.4 is 20.9 Å². The van der Waals surface area contributed by atoms with Crippen molar-refractivity contribution in [2.24, 2.45) is 5.92 Å². The van der Waals surface area contributed by atoms with Crippen LogP contribution in [0.25, 0.3) is 0 Å². The second kappa shape index (κ2) is 7.81. The highest BCUT2D eigenvalue weighted by Crippen LogP contribution is 2.21. The lowest BCUT2D eigenvalue weighted by molar-refractivity contribution is -0.119. The Labute approximate surface area is 161 Å². The van der Waals surface area contributed by atoms with Crippen LogP contribution in [0.3, 0.4) is 0 Å². The van der Waals surface area contributed by atoms with Gasteiger partial charge in [0, 0.05) is 28.0 Å². The van der Waals surface area contributed by atoms with Crippen molar-refractivity contribution >= 4 is 50.5 Å². The van der Waals surface area contributed by atoms with E-state index in [9.17, 15) is 13.2 Å². The average Bonchev–Trinajstić information content (AvgIpc) is 3.10. The van der Waals surface area contributed by atoms with Crippen LogP contribution in [-0.4, -0.2) is 26.2 Å². The molecule has 7 nitrogen and oxygen atoms in total. The van der Waals surface area contributed by atoms with Gasteiger partial charge >= 0.3 is 0 Å². The first-order valence-electron chi connectivity index (χ1n) is 7.67. The van der Waals surface area contributed by atoms with E-state index in [0.29, 0.717) is 21.4 Å². The molecule has 1 fully saturated rings. The fourth-order valence-corrected chi connectivity index (χ4v) is 4.25. The van der Waals surface area contributed by atoms with Crippen LogP contribution in [0.2, 0.25) is 10.0 Å².